The minimum atomic E-state index is 0.323. The van der Waals surface area contributed by atoms with E-state index in [2.05, 4.69) is 38.1 Å². The molecule has 2 aromatic rings. The highest BCUT2D eigenvalue weighted by molar-refractivity contribution is 5.68. The van der Waals surface area contributed by atoms with Crippen LogP contribution in [-0.2, 0) is 0 Å². The van der Waals surface area contributed by atoms with Crippen molar-refractivity contribution in [3.05, 3.63) is 71.3 Å². The standard InChI is InChI=1S/C28H34O2/c1-19-18-23(10-17-27(19)30)22-6-13-25(14-7-22)28(2,3)24-11-4-20(5-12-24)21-8-15-26(29)16-9-21/h4,6,8-10,15-18,24-25,29-30H,5,7,11-14H2,1-3H3. The Labute approximate surface area is 181 Å². The lowest BCUT2D eigenvalue weighted by molar-refractivity contribution is 0.0991. The van der Waals surface area contributed by atoms with Gasteiger partial charge in [-0.1, -0.05) is 44.2 Å². The number of aryl methyl sites for hydroxylation is 1. The van der Waals surface area contributed by atoms with E-state index in [4.69, 9.17) is 0 Å². The topological polar surface area (TPSA) is 40.5 Å². The quantitative estimate of drug-likeness (QED) is 0.556. The Hall–Kier alpha value is -2.48. The fourth-order valence-electron chi connectivity index (χ4n) is 5.41. The van der Waals surface area contributed by atoms with Crippen LogP contribution in [0.15, 0.2) is 54.6 Å². The zero-order valence-electron chi connectivity index (χ0n) is 18.5. The molecule has 2 heteroatoms. The fraction of sp³-hybridized carbons (Fsp3) is 0.429. The molecule has 2 aliphatic rings. The molecule has 0 aliphatic heterocycles. The van der Waals surface area contributed by atoms with Crippen LogP contribution in [-0.4, -0.2) is 10.2 Å². The summed E-state index contributed by atoms with van der Waals surface area (Å²) in [6.45, 7) is 6.92. The molecule has 2 N–H and O–H groups in total. The molecule has 2 aromatic carbocycles. The Balaban J connectivity index is 1.42. The Bertz CT molecular complexity index is 963. The van der Waals surface area contributed by atoms with E-state index in [9.17, 15) is 10.2 Å². The van der Waals surface area contributed by atoms with Crippen molar-refractivity contribution in [3.8, 4) is 11.5 Å². The number of benzene rings is 2. The van der Waals surface area contributed by atoms with Crippen LogP contribution in [0.25, 0.3) is 11.1 Å². The first-order valence-corrected chi connectivity index (χ1v) is 11.3. The van der Waals surface area contributed by atoms with E-state index in [0.29, 0.717) is 28.7 Å². The molecule has 0 heterocycles. The molecule has 30 heavy (non-hydrogen) atoms. The maximum absolute atomic E-state index is 9.80. The summed E-state index contributed by atoms with van der Waals surface area (Å²) in [5.74, 6) is 2.15. The second-order valence-electron chi connectivity index (χ2n) is 9.77. The van der Waals surface area contributed by atoms with E-state index in [1.807, 2.05) is 25.1 Å². The number of phenols is 2. The van der Waals surface area contributed by atoms with Crippen LogP contribution < -0.4 is 0 Å². The molecule has 2 aliphatic carbocycles. The minimum absolute atomic E-state index is 0.323. The van der Waals surface area contributed by atoms with Gasteiger partial charge < -0.3 is 10.2 Å². The Morgan fingerprint density at radius 2 is 1.30 bits per heavy atom. The Kier molecular flexibility index (Phi) is 5.77. The van der Waals surface area contributed by atoms with Gasteiger partial charge in [0, 0.05) is 0 Å². The summed E-state index contributed by atoms with van der Waals surface area (Å²) >= 11 is 0. The lowest BCUT2D eigenvalue weighted by Gasteiger charge is -2.44. The van der Waals surface area contributed by atoms with E-state index in [0.717, 1.165) is 31.2 Å². The molecule has 0 spiro atoms. The first-order valence-electron chi connectivity index (χ1n) is 11.3. The van der Waals surface area contributed by atoms with Gasteiger partial charge in [-0.2, -0.15) is 0 Å². The van der Waals surface area contributed by atoms with Crippen LogP contribution in [0, 0.1) is 24.2 Å². The zero-order valence-corrected chi connectivity index (χ0v) is 18.5. The maximum Gasteiger partial charge on any atom is 0.118 e. The van der Waals surface area contributed by atoms with Crippen molar-refractivity contribution in [2.75, 3.05) is 0 Å². The van der Waals surface area contributed by atoms with E-state index >= 15 is 0 Å². The molecule has 2 nitrogen and oxygen atoms in total. The zero-order chi connectivity index (χ0) is 21.3. The van der Waals surface area contributed by atoms with Crippen molar-refractivity contribution in [1.29, 1.82) is 0 Å². The second-order valence-corrected chi connectivity index (χ2v) is 9.77. The van der Waals surface area contributed by atoms with Crippen LogP contribution in [0.3, 0.4) is 0 Å². The predicted molar refractivity (Wildman–Crippen MR) is 125 cm³/mol. The molecule has 0 bridgehead atoms. The van der Waals surface area contributed by atoms with E-state index < -0.39 is 0 Å². The SMILES string of the molecule is Cc1cc(C2=CCC(C(C)(C)C3CC=C(c4ccc(O)cc4)CC3)CC2)ccc1O. The molecule has 0 saturated carbocycles. The number of hydrogen-bond acceptors (Lipinski definition) is 2. The van der Waals surface area contributed by atoms with Crippen molar-refractivity contribution in [3.63, 3.8) is 0 Å². The molecule has 0 amide bonds. The first kappa shape index (κ1) is 20.8. The summed E-state index contributed by atoms with van der Waals surface area (Å²) < 4.78 is 0. The van der Waals surface area contributed by atoms with Crippen LogP contribution in [0.4, 0.5) is 0 Å². The average Bonchev–Trinajstić information content (AvgIpc) is 2.76. The Morgan fingerprint density at radius 3 is 1.80 bits per heavy atom. The molecule has 0 radical (unpaired) electrons. The summed E-state index contributed by atoms with van der Waals surface area (Å²) in [6.07, 6.45) is 11.9. The number of allylic oxidation sites excluding steroid dienone is 4. The van der Waals surface area contributed by atoms with E-state index in [-0.39, 0.29) is 0 Å². The average molecular weight is 403 g/mol. The summed E-state index contributed by atoms with van der Waals surface area (Å²) in [5.41, 5.74) is 6.65. The van der Waals surface area contributed by atoms with Gasteiger partial charge in [-0.25, -0.2) is 0 Å². The van der Waals surface area contributed by atoms with Crippen LogP contribution in [0.1, 0.15) is 69.1 Å². The van der Waals surface area contributed by atoms with Crippen molar-refractivity contribution in [2.45, 2.75) is 59.3 Å². The van der Waals surface area contributed by atoms with Crippen molar-refractivity contribution < 1.29 is 10.2 Å². The van der Waals surface area contributed by atoms with Crippen molar-refractivity contribution >= 4 is 11.1 Å². The fourth-order valence-corrected chi connectivity index (χ4v) is 5.41. The molecule has 2 unspecified atom stereocenters. The molecular formula is C28H34O2. The summed E-state index contributed by atoms with van der Waals surface area (Å²) in [4.78, 5) is 0. The highest BCUT2D eigenvalue weighted by atomic mass is 16.3. The molecule has 2 atom stereocenters. The maximum atomic E-state index is 9.80. The molecular weight excluding hydrogens is 368 g/mol. The van der Waals surface area contributed by atoms with Gasteiger partial charge in [-0.3, -0.25) is 0 Å². The van der Waals surface area contributed by atoms with E-state index in [1.54, 1.807) is 12.1 Å². The molecule has 158 valence electrons. The third-order valence-electron chi connectivity index (χ3n) is 7.73. The third kappa shape index (κ3) is 4.19. The van der Waals surface area contributed by atoms with Gasteiger partial charge in [0.15, 0.2) is 0 Å². The number of phenolic OH excluding ortho intramolecular Hbond substituents is 2. The third-order valence-corrected chi connectivity index (χ3v) is 7.73. The molecule has 4 rings (SSSR count). The predicted octanol–water partition coefficient (Wildman–Crippen LogP) is 7.50. The normalized spacial score (nSPS) is 22.4. The summed E-state index contributed by atoms with van der Waals surface area (Å²) in [7, 11) is 0. The first-order chi connectivity index (χ1) is 14.3. The number of hydrogen-bond donors (Lipinski definition) is 2. The van der Waals surface area contributed by atoms with Gasteiger partial charge in [0.1, 0.15) is 11.5 Å². The minimum Gasteiger partial charge on any atom is -0.508 e. The Morgan fingerprint density at radius 1 is 0.767 bits per heavy atom. The largest absolute Gasteiger partial charge is 0.508 e. The number of aromatic hydroxyl groups is 2. The smallest absolute Gasteiger partial charge is 0.118 e. The highest BCUT2D eigenvalue weighted by Crippen LogP contribution is 2.49. The van der Waals surface area contributed by atoms with Gasteiger partial charge in [0.2, 0.25) is 0 Å². The molecule has 0 fully saturated rings. The second kappa shape index (κ2) is 8.34. The van der Waals surface area contributed by atoms with E-state index in [1.165, 1.54) is 35.1 Å². The number of rotatable bonds is 4. The lowest BCUT2D eigenvalue weighted by atomic mass is 9.61. The van der Waals surface area contributed by atoms with Gasteiger partial charge in [-0.15, -0.1) is 0 Å². The van der Waals surface area contributed by atoms with Crippen molar-refractivity contribution in [2.24, 2.45) is 17.3 Å². The van der Waals surface area contributed by atoms with Crippen LogP contribution >= 0.6 is 0 Å². The summed E-state index contributed by atoms with van der Waals surface area (Å²) in [5, 5.41) is 19.3. The van der Waals surface area contributed by atoms with Gasteiger partial charge in [0.05, 0.1) is 0 Å². The van der Waals surface area contributed by atoms with Crippen molar-refractivity contribution in [1.82, 2.24) is 0 Å². The highest BCUT2D eigenvalue weighted by Gasteiger charge is 2.38. The van der Waals surface area contributed by atoms with Crippen LogP contribution in [0.2, 0.25) is 0 Å². The molecule has 0 aromatic heterocycles. The van der Waals surface area contributed by atoms with Crippen LogP contribution in [0.5, 0.6) is 11.5 Å². The summed E-state index contributed by atoms with van der Waals surface area (Å²) in [6, 6.07) is 13.6. The molecule has 0 saturated heterocycles. The lowest BCUT2D eigenvalue weighted by Crippen LogP contribution is -2.34. The van der Waals surface area contributed by atoms with Gasteiger partial charge in [0.25, 0.3) is 0 Å². The van der Waals surface area contributed by atoms with Gasteiger partial charge in [-0.05, 0) is 115 Å². The monoisotopic (exact) mass is 402 g/mol. The van der Waals surface area contributed by atoms with Gasteiger partial charge >= 0.3 is 0 Å².